The third-order valence-electron chi connectivity index (χ3n) is 9.41. The van der Waals surface area contributed by atoms with Gasteiger partial charge in [-0.1, -0.05) is 30.3 Å². The molecule has 2 aromatic heterocycles. The number of fused-ring (bicyclic) bond motifs is 4. The summed E-state index contributed by atoms with van der Waals surface area (Å²) < 4.78 is 0. The Balaban J connectivity index is 0.904. The van der Waals surface area contributed by atoms with Crippen LogP contribution in [0.5, 0.6) is 5.75 Å². The van der Waals surface area contributed by atoms with E-state index >= 15 is 0 Å². The molecular weight excluding hydrogens is 606 g/mol. The summed E-state index contributed by atoms with van der Waals surface area (Å²) in [5, 5.41) is 31.4. The Labute approximate surface area is 277 Å². The summed E-state index contributed by atoms with van der Waals surface area (Å²) in [4.78, 5) is 38.0. The first kappa shape index (κ1) is 31.3. The first-order valence-corrected chi connectivity index (χ1v) is 16.5. The van der Waals surface area contributed by atoms with Gasteiger partial charge in [-0.25, -0.2) is 4.98 Å². The maximum Gasteiger partial charge on any atom is 0.280 e. The van der Waals surface area contributed by atoms with Gasteiger partial charge < -0.3 is 30.5 Å². The van der Waals surface area contributed by atoms with E-state index in [1.54, 1.807) is 24.3 Å². The summed E-state index contributed by atoms with van der Waals surface area (Å²) in [6.45, 7) is 9.36. The van der Waals surface area contributed by atoms with E-state index in [0.717, 1.165) is 92.0 Å². The highest BCUT2D eigenvalue weighted by Gasteiger charge is 2.20. The number of aromatic amines is 1. The van der Waals surface area contributed by atoms with E-state index in [9.17, 15) is 20.0 Å². The van der Waals surface area contributed by atoms with Crippen molar-refractivity contribution in [1.29, 1.82) is 0 Å². The van der Waals surface area contributed by atoms with Crippen LogP contribution in [0.2, 0.25) is 0 Å². The Bertz CT molecular complexity index is 2210. The van der Waals surface area contributed by atoms with Crippen molar-refractivity contribution in [2.75, 3.05) is 63.0 Å². The predicted octanol–water partition coefficient (Wildman–Crippen LogP) is 6.23. The van der Waals surface area contributed by atoms with Crippen molar-refractivity contribution >= 4 is 60.7 Å². The zero-order chi connectivity index (χ0) is 33.2. The van der Waals surface area contributed by atoms with Gasteiger partial charge in [-0.3, -0.25) is 14.9 Å². The van der Waals surface area contributed by atoms with E-state index in [1.165, 1.54) is 6.07 Å². The van der Waals surface area contributed by atoms with Crippen molar-refractivity contribution in [3.05, 3.63) is 98.7 Å². The van der Waals surface area contributed by atoms with Gasteiger partial charge in [-0.15, -0.1) is 0 Å². The van der Waals surface area contributed by atoms with Crippen LogP contribution in [0.4, 0.5) is 17.1 Å². The smallest absolute Gasteiger partial charge is 0.280 e. The minimum absolute atomic E-state index is 0.0650. The van der Waals surface area contributed by atoms with Gasteiger partial charge in [0.1, 0.15) is 11.1 Å². The summed E-state index contributed by atoms with van der Waals surface area (Å²) in [5.41, 5.74) is 5.52. The Kier molecular flexibility index (Phi) is 8.79. The fourth-order valence-electron chi connectivity index (χ4n) is 6.89. The standard InChI is InChI=1S/C37H39N7O4/c1-24-11-13-30(34-35(24)41-29-14-12-25(45)23-27(29)37(34)46)38-15-5-17-42-19-21-43(22-20-42)18-6-16-39-36-26-7-2-3-8-28(26)40-31-9-4-10-32(33(31)36)44(47)48/h2-4,7-14,23,38,45H,5-6,15-22H2,1H3,(H,39,40)(H,41,46). The molecule has 7 rings (SSSR count). The first-order valence-electron chi connectivity index (χ1n) is 16.5. The number of nitro benzene ring substituents is 1. The molecule has 0 atom stereocenters. The molecule has 0 spiro atoms. The normalized spacial score (nSPS) is 14.3. The minimum Gasteiger partial charge on any atom is -0.508 e. The van der Waals surface area contributed by atoms with Gasteiger partial charge in [0.2, 0.25) is 0 Å². The van der Waals surface area contributed by atoms with Crippen LogP contribution in [-0.4, -0.2) is 82.2 Å². The topological polar surface area (TPSA) is 140 Å². The molecule has 1 fully saturated rings. The molecule has 0 saturated carbocycles. The number of hydrogen-bond donors (Lipinski definition) is 4. The molecule has 1 saturated heterocycles. The molecule has 1 aliphatic rings. The number of aryl methyl sites for hydroxylation is 1. The lowest BCUT2D eigenvalue weighted by Gasteiger charge is -2.34. The molecule has 48 heavy (non-hydrogen) atoms. The average Bonchev–Trinajstić information content (AvgIpc) is 3.09. The van der Waals surface area contributed by atoms with Crippen LogP contribution in [0.3, 0.4) is 0 Å². The van der Waals surface area contributed by atoms with Crippen LogP contribution in [0, 0.1) is 17.0 Å². The van der Waals surface area contributed by atoms with E-state index in [0.29, 0.717) is 33.7 Å². The molecule has 246 valence electrons. The maximum absolute atomic E-state index is 13.4. The number of hydrogen-bond acceptors (Lipinski definition) is 9. The van der Waals surface area contributed by atoms with Crippen LogP contribution in [0.25, 0.3) is 43.6 Å². The molecule has 0 aliphatic carbocycles. The lowest BCUT2D eigenvalue weighted by atomic mass is 10.0. The van der Waals surface area contributed by atoms with Gasteiger partial charge in [0.25, 0.3) is 5.69 Å². The van der Waals surface area contributed by atoms with E-state index in [1.807, 2.05) is 49.4 Å². The summed E-state index contributed by atoms with van der Waals surface area (Å²) in [7, 11) is 0. The summed E-state index contributed by atoms with van der Waals surface area (Å²) in [6.07, 6.45) is 1.87. The zero-order valence-corrected chi connectivity index (χ0v) is 27.0. The van der Waals surface area contributed by atoms with E-state index in [-0.39, 0.29) is 21.8 Å². The van der Waals surface area contributed by atoms with Crippen molar-refractivity contribution in [2.24, 2.45) is 0 Å². The molecule has 4 N–H and O–H groups in total. The Morgan fingerprint density at radius 2 is 1.56 bits per heavy atom. The highest BCUT2D eigenvalue weighted by Crippen LogP contribution is 2.36. The number of rotatable bonds is 11. The van der Waals surface area contributed by atoms with Crippen LogP contribution < -0.4 is 16.1 Å². The lowest BCUT2D eigenvalue weighted by Crippen LogP contribution is -2.47. The highest BCUT2D eigenvalue weighted by atomic mass is 16.6. The molecule has 0 unspecified atom stereocenters. The quantitative estimate of drug-likeness (QED) is 0.0559. The molecule has 11 nitrogen and oxygen atoms in total. The number of nitrogens with one attached hydrogen (secondary N) is 3. The van der Waals surface area contributed by atoms with Gasteiger partial charge >= 0.3 is 0 Å². The van der Waals surface area contributed by atoms with Crippen molar-refractivity contribution < 1.29 is 10.0 Å². The lowest BCUT2D eigenvalue weighted by molar-refractivity contribution is -0.383. The molecule has 0 bridgehead atoms. The van der Waals surface area contributed by atoms with Gasteiger partial charge in [0, 0.05) is 61.8 Å². The molecule has 0 radical (unpaired) electrons. The number of phenols is 1. The van der Waals surface area contributed by atoms with Crippen molar-refractivity contribution in [3.8, 4) is 5.75 Å². The van der Waals surface area contributed by atoms with Crippen molar-refractivity contribution in [1.82, 2.24) is 19.8 Å². The van der Waals surface area contributed by atoms with Crippen LogP contribution >= 0.6 is 0 Å². The van der Waals surface area contributed by atoms with Crippen LogP contribution in [0.1, 0.15) is 18.4 Å². The Hall–Kier alpha value is -5.26. The number of pyridine rings is 2. The van der Waals surface area contributed by atoms with E-state index in [2.05, 4.69) is 30.4 Å². The second-order valence-corrected chi connectivity index (χ2v) is 12.5. The van der Waals surface area contributed by atoms with Crippen LogP contribution in [-0.2, 0) is 0 Å². The zero-order valence-electron chi connectivity index (χ0n) is 27.0. The minimum atomic E-state index is -0.334. The number of anilines is 2. The summed E-state index contributed by atoms with van der Waals surface area (Å²) >= 11 is 0. The second kappa shape index (κ2) is 13.5. The fraction of sp³-hybridized carbons (Fsp3) is 0.297. The number of aromatic hydroxyl groups is 1. The van der Waals surface area contributed by atoms with Crippen molar-refractivity contribution in [3.63, 3.8) is 0 Å². The number of phenolic OH excluding ortho intramolecular Hbond substituents is 1. The Morgan fingerprint density at radius 1 is 0.854 bits per heavy atom. The van der Waals surface area contributed by atoms with Crippen molar-refractivity contribution in [2.45, 2.75) is 19.8 Å². The second-order valence-electron chi connectivity index (χ2n) is 12.5. The molecule has 11 heteroatoms. The number of para-hydroxylation sites is 1. The average molecular weight is 646 g/mol. The predicted molar refractivity (Wildman–Crippen MR) is 193 cm³/mol. The number of benzene rings is 4. The van der Waals surface area contributed by atoms with Gasteiger partial charge in [0.05, 0.1) is 38.1 Å². The SMILES string of the molecule is Cc1ccc(NCCCN2CCN(CCCNc3c4ccccc4nc4cccc([N+](=O)[O-])c34)CC2)c2c(=O)c3cc(O)ccc3[nH]c12. The summed E-state index contributed by atoms with van der Waals surface area (Å²) in [5.74, 6) is 0.0759. The number of piperazine rings is 1. The third-order valence-corrected chi connectivity index (χ3v) is 9.41. The largest absolute Gasteiger partial charge is 0.508 e. The fourth-order valence-corrected chi connectivity index (χ4v) is 6.89. The van der Waals surface area contributed by atoms with E-state index < -0.39 is 0 Å². The van der Waals surface area contributed by atoms with Gasteiger partial charge in [-0.2, -0.15) is 0 Å². The van der Waals surface area contributed by atoms with Gasteiger partial charge in [0.15, 0.2) is 5.43 Å². The van der Waals surface area contributed by atoms with E-state index in [4.69, 9.17) is 0 Å². The molecule has 0 amide bonds. The number of nitro groups is 1. The van der Waals surface area contributed by atoms with Crippen LogP contribution in [0.15, 0.2) is 77.6 Å². The Morgan fingerprint density at radius 3 is 2.31 bits per heavy atom. The molecule has 1 aliphatic heterocycles. The molecule has 6 aromatic rings. The molecule has 3 heterocycles. The summed E-state index contributed by atoms with van der Waals surface area (Å²) in [6, 6.07) is 21.7. The monoisotopic (exact) mass is 645 g/mol. The third kappa shape index (κ3) is 6.22. The molecule has 4 aromatic carbocycles. The number of non-ortho nitro benzene ring substituents is 1. The highest BCUT2D eigenvalue weighted by molar-refractivity contribution is 6.11. The maximum atomic E-state index is 13.4. The molecular formula is C37H39N7O4. The number of aromatic nitrogens is 2. The van der Waals surface area contributed by atoms with Gasteiger partial charge in [-0.05, 0) is 74.8 Å². The number of nitrogens with zero attached hydrogens (tertiary/aromatic N) is 4. The first-order chi connectivity index (χ1) is 23.4. The number of H-pyrrole nitrogens is 1.